The molecule has 1 aromatic heterocycles. The maximum atomic E-state index is 13.2. The Morgan fingerprint density at radius 1 is 1.23 bits per heavy atom. The molecule has 9 nitrogen and oxygen atoms in total. The number of hydrogen-bond acceptors (Lipinski definition) is 7. The summed E-state index contributed by atoms with van der Waals surface area (Å²) in [4.78, 5) is 17.6. The highest BCUT2D eigenvalue weighted by Gasteiger charge is 2.43. The lowest BCUT2D eigenvalue weighted by Crippen LogP contribution is -2.25. The minimum absolute atomic E-state index is 0.0624. The fourth-order valence-corrected chi connectivity index (χ4v) is 3.00. The topological polar surface area (TPSA) is 92.8 Å². The van der Waals surface area contributed by atoms with Gasteiger partial charge in [0, 0.05) is 23.2 Å². The van der Waals surface area contributed by atoms with Gasteiger partial charge >= 0.3 is 12.0 Å². The predicted octanol–water partition coefficient (Wildman–Crippen LogP) is 2.88. The number of alkyl halides is 2. The molecule has 0 atom stereocenters. The molecule has 0 N–H and O–H groups in total. The number of nitrogens with zero attached hydrogens (tertiary/aromatic N) is 5. The standard InChI is InChI=1S/C18H14ClF2N5O4/c1-10(11-6-7-15-16(8-11)30-18(20,21)29-15)22-28-9-12-13(19)4-3-5-14(12)26-17(27)25(2)23-24-26/h3-8H,9H2,1-2H3. The molecule has 0 bridgehead atoms. The number of aryl methyl sites for hydroxylation is 1. The highest BCUT2D eigenvalue weighted by atomic mass is 35.5. The Morgan fingerprint density at radius 2 is 2.00 bits per heavy atom. The monoisotopic (exact) mass is 437 g/mol. The van der Waals surface area contributed by atoms with Crippen molar-refractivity contribution in [3.8, 4) is 17.2 Å². The Morgan fingerprint density at radius 3 is 2.73 bits per heavy atom. The lowest BCUT2D eigenvalue weighted by Gasteiger charge is -2.09. The first kappa shape index (κ1) is 19.8. The van der Waals surface area contributed by atoms with Gasteiger partial charge < -0.3 is 14.3 Å². The molecular formula is C18H14ClF2N5O4. The van der Waals surface area contributed by atoms with Gasteiger partial charge in [0.25, 0.3) is 0 Å². The Labute approximate surface area is 173 Å². The van der Waals surface area contributed by atoms with Gasteiger partial charge in [-0.15, -0.1) is 8.78 Å². The Balaban J connectivity index is 1.54. The van der Waals surface area contributed by atoms with Crippen LogP contribution < -0.4 is 15.2 Å². The zero-order valence-corrected chi connectivity index (χ0v) is 16.4. The predicted molar refractivity (Wildman–Crippen MR) is 101 cm³/mol. The zero-order chi connectivity index (χ0) is 21.5. The fraction of sp³-hybridized carbons (Fsp3) is 0.222. The zero-order valence-electron chi connectivity index (χ0n) is 15.7. The molecular weight excluding hydrogens is 424 g/mol. The van der Waals surface area contributed by atoms with E-state index in [1.54, 1.807) is 31.2 Å². The summed E-state index contributed by atoms with van der Waals surface area (Å²) in [6.07, 6.45) is -3.69. The van der Waals surface area contributed by atoms with Crippen molar-refractivity contribution in [1.82, 2.24) is 19.8 Å². The molecule has 0 radical (unpaired) electrons. The van der Waals surface area contributed by atoms with Crippen molar-refractivity contribution in [2.45, 2.75) is 19.8 Å². The van der Waals surface area contributed by atoms with Crippen molar-refractivity contribution in [2.75, 3.05) is 0 Å². The normalized spacial score (nSPS) is 14.8. The van der Waals surface area contributed by atoms with E-state index in [9.17, 15) is 13.6 Å². The third-order valence-electron chi connectivity index (χ3n) is 4.27. The second-order valence-corrected chi connectivity index (χ2v) is 6.72. The highest BCUT2D eigenvalue weighted by molar-refractivity contribution is 6.31. The molecule has 1 aliphatic rings. The first-order valence-corrected chi connectivity index (χ1v) is 8.96. The second-order valence-electron chi connectivity index (χ2n) is 6.31. The molecule has 2 heterocycles. The van der Waals surface area contributed by atoms with E-state index >= 15 is 0 Å². The molecule has 0 fully saturated rings. The van der Waals surface area contributed by atoms with Gasteiger partial charge in [-0.3, -0.25) is 0 Å². The molecule has 0 spiro atoms. The lowest BCUT2D eigenvalue weighted by atomic mass is 10.1. The molecule has 0 saturated carbocycles. The SMILES string of the molecule is CC(=NOCc1c(Cl)cccc1-n1nnn(C)c1=O)c1ccc2c(c1)OC(F)(F)O2. The van der Waals surface area contributed by atoms with Crippen LogP contribution in [0.2, 0.25) is 5.02 Å². The van der Waals surface area contributed by atoms with Crippen LogP contribution in [0.5, 0.6) is 11.5 Å². The van der Waals surface area contributed by atoms with Gasteiger partial charge in [-0.25, -0.2) is 4.79 Å². The van der Waals surface area contributed by atoms with Gasteiger partial charge in [-0.2, -0.15) is 9.36 Å². The van der Waals surface area contributed by atoms with Gasteiger partial charge in [0.15, 0.2) is 11.5 Å². The van der Waals surface area contributed by atoms with Crippen molar-refractivity contribution in [3.05, 3.63) is 63.0 Å². The molecule has 3 aromatic rings. The summed E-state index contributed by atoms with van der Waals surface area (Å²) in [5, 5.41) is 11.8. The first-order valence-electron chi connectivity index (χ1n) is 8.59. The second kappa shape index (κ2) is 7.41. The third kappa shape index (κ3) is 3.71. The van der Waals surface area contributed by atoms with Gasteiger partial charge in [-0.05, 0) is 47.7 Å². The minimum Gasteiger partial charge on any atom is -0.395 e. The summed E-state index contributed by atoms with van der Waals surface area (Å²) in [5.74, 6) is -0.157. The molecule has 0 aliphatic carbocycles. The van der Waals surface area contributed by atoms with Gasteiger partial charge in [0.2, 0.25) is 0 Å². The maximum absolute atomic E-state index is 13.2. The van der Waals surface area contributed by atoms with Crippen LogP contribution in [-0.2, 0) is 18.5 Å². The Hall–Kier alpha value is -3.47. The largest absolute Gasteiger partial charge is 0.586 e. The van der Waals surface area contributed by atoms with Crippen LogP contribution in [0.25, 0.3) is 5.69 Å². The van der Waals surface area contributed by atoms with Crippen LogP contribution in [0.1, 0.15) is 18.1 Å². The van der Waals surface area contributed by atoms with Crippen molar-refractivity contribution in [3.63, 3.8) is 0 Å². The van der Waals surface area contributed by atoms with Crippen molar-refractivity contribution in [1.29, 1.82) is 0 Å². The van der Waals surface area contributed by atoms with Crippen molar-refractivity contribution >= 4 is 17.3 Å². The summed E-state index contributed by atoms with van der Waals surface area (Å²) in [7, 11) is 1.47. The minimum atomic E-state index is -3.69. The lowest BCUT2D eigenvalue weighted by molar-refractivity contribution is -0.286. The van der Waals surface area contributed by atoms with Gasteiger partial charge in [-0.1, -0.05) is 22.8 Å². The van der Waals surface area contributed by atoms with Crippen LogP contribution >= 0.6 is 11.6 Å². The quantitative estimate of drug-likeness (QED) is 0.450. The molecule has 30 heavy (non-hydrogen) atoms. The van der Waals surface area contributed by atoms with E-state index in [-0.39, 0.29) is 18.1 Å². The summed E-state index contributed by atoms with van der Waals surface area (Å²) in [6.45, 7) is 1.56. The number of benzene rings is 2. The molecule has 0 saturated heterocycles. The van der Waals surface area contributed by atoms with Crippen LogP contribution in [0, 0.1) is 0 Å². The van der Waals surface area contributed by atoms with Gasteiger partial charge in [0.05, 0.1) is 11.4 Å². The number of fused-ring (bicyclic) bond motifs is 1. The maximum Gasteiger partial charge on any atom is 0.586 e. The van der Waals surface area contributed by atoms with Crippen LogP contribution in [0.4, 0.5) is 8.78 Å². The van der Waals surface area contributed by atoms with E-state index in [1.807, 2.05) is 0 Å². The summed E-state index contributed by atoms with van der Waals surface area (Å²) in [5.41, 5.74) is 1.33. The van der Waals surface area contributed by atoms with Gasteiger partial charge in [0.1, 0.15) is 6.61 Å². The number of tetrazole rings is 1. The van der Waals surface area contributed by atoms with E-state index < -0.39 is 12.0 Å². The molecule has 0 amide bonds. The summed E-state index contributed by atoms with van der Waals surface area (Å²) < 4.78 is 37.3. The van der Waals surface area contributed by atoms with E-state index in [0.717, 1.165) is 9.36 Å². The van der Waals surface area contributed by atoms with Crippen LogP contribution in [0.15, 0.2) is 46.3 Å². The molecule has 0 unspecified atom stereocenters. The average molecular weight is 438 g/mol. The van der Waals surface area contributed by atoms with E-state index in [0.29, 0.717) is 27.5 Å². The molecule has 12 heteroatoms. The number of hydrogen-bond donors (Lipinski definition) is 0. The number of oxime groups is 1. The van der Waals surface area contributed by atoms with E-state index in [4.69, 9.17) is 16.4 Å². The smallest absolute Gasteiger partial charge is 0.395 e. The van der Waals surface area contributed by atoms with Crippen LogP contribution in [-0.4, -0.2) is 31.8 Å². The average Bonchev–Trinajstić information content (AvgIpc) is 3.19. The first-order chi connectivity index (χ1) is 14.2. The number of ether oxygens (including phenoxy) is 2. The number of rotatable bonds is 5. The molecule has 156 valence electrons. The number of aromatic nitrogens is 4. The summed E-state index contributed by atoms with van der Waals surface area (Å²) in [6, 6.07) is 9.23. The Kier molecular flexibility index (Phi) is 4.90. The highest BCUT2D eigenvalue weighted by Crippen LogP contribution is 2.41. The summed E-state index contributed by atoms with van der Waals surface area (Å²) >= 11 is 6.26. The van der Waals surface area contributed by atoms with Crippen molar-refractivity contribution < 1.29 is 23.1 Å². The Bertz CT molecular complexity index is 1210. The van der Waals surface area contributed by atoms with Crippen LogP contribution in [0.3, 0.4) is 0 Å². The van der Waals surface area contributed by atoms with E-state index in [1.165, 1.54) is 19.2 Å². The van der Waals surface area contributed by atoms with E-state index in [2.05, 4.69) is 25.1 Å². The van der Waals surface area contributed by atoms with Crippen molar-refractivity contribution in [2.24, 2.45) is 12.2 Å². The molecule has 1 aliphatic heterocycles. The fourth-order valence-electron chi connectivity index (χ4n) is 2.77. The third-order valence-corrected chi connectivity index (χ3v) is 4.63. The molecule has 2 aromatic carbocycles. The molecule has 4 rings (SSSR count). The number of halogens is 3.